The molecule has 1 aromatic carbocycles. The second-order valence-corrected chi connectivity index (χ2v) is 7.24. The number of rotatable bonds is 3. The third kappa shape index (κ3) is 3.82. The maximum atomic E-state index is 12.1. The summed E-state index contributed by atoms with van der Waals surface area (Å²) in [4.78, 5) is 0.319. The first-order valence-electron chi connectivity index (χ1n) is 5.72. The Hall–Kier alpha value is -0.870. The van der Waals surface area contributed by atoms with Gasteiger partial charge in [-0.15, -0.1) is 0 Å². The van der Waals surface area contributed by atoms with Crippen molar-refractivity contribution in [2.45, 2.75) is 45.6 Å². The van der Waals surface area contributed by atoms with Gasteiger partial charge in [-0.1, -0.05) is 38.5 Å². The standard InChI is InChI=1S/C13H21NO2S/c1-10-6-8-12(9-7-10)17(15,16)14-11(2)13(3,4)5/h6-9,11,14H,1-5H3/t11-/m1/s1. The Morgan fingerprint density at radius 3 is 2.00 bits per heavy atom. The molecular formula is C13H21NO2S. The SMILES string of the molecule is Cc1ccc(S(=O)(=O)N[C@H](C)C(C)(C)C)cc1. The van der Waals surface area contributed by atoms with E-state index in [1.165, 1.54) is 0 Å². The fourth-order valence-electron chi connectivity index (χ4n) is 1.19. The van der Waals surface area contributed by atoms with Crippen molar-refractivity contribution >= 4 is 10.0 Å². The van der Waals surface area contributed by atoms with Gasteiger partial charge in [-0.05, 0) is 31.4 Å². The maximum Gasteiger partial charge on any atom is 0.240 e. The summed E-state index contributed by atoms with van der Waals surface area (Å²) in [7, 11) is -3.41. The van der Waals surface area contributed by atoms with E-state index >= 15 is 0 Å². The number of nitrogens with one attached hydrogen (secondary N) is 1. The first-order chi connectivity index (χ1) is 7.63. The molecule has 4 heteroatoms. The van der Waals surface area contributed by atoms with Gasteiger partial charge in [0.15, 0.2) is 0 Å². The maximum absolute atomic E-state index is 12.1. The Balaban J connectivity index is 2.94. The molecule has 0 fully saturated rings. The van der Waals surface area contributed by atoms with E-state index in [0.29, 0.717) is 4.90 Å². The van der Waals surface area contributed by atoms with Crippen LogP contribution < -0.4 is 4.72 Å². The minimum atomic E-state index is -3.41. The smallest absolute Gasteiger partial charge is 0.208 e. The van der Waals surface area contributed by atoms with Gasteiger partial charge >= 0.3 is 0 Å². The molecule has 0 saturated heterocycles. The Kier molecular flexibility index (Phi) is 3.99. The summed E-state index contributed by atoms with van der Waals surface area (Å²) >= 11 is 0. The van der Waals surface area contributed by atoms with Crippen LogP contribution in [0, 0.1) is 12.3 Å². The lowest BCUT2D eigenvalue weighted by Crippen LogP contribution is -2.41. The molecule has 1 aromatic rings. The Bertz CT molecular complexity index is 469. The second-order valence-electron chi connectivity index (χ2n) is 5.52. The van der Waals surface area contributed by atoms with E-state index in [0.717, 1.165) is 5.56 Å². The summed E-state index contributed by atoms with van der Waals surface area (Å²) in [6.45, 7) is 9.84. The summed E-state index contributed by atoms with van der Waals surface area (Å²) in [5.74, 6) is 0. The summed E-state index contributed by atoms with van der Waals surface area (Å²) < 4.78 is 26.9. The Morgan fingerprint density at radius 2 is 1.59 bits per heavy atom. The second kappa shape index (κ2) is 4.78. The number of sulfonamides is 1. The van der Waals surface area contributed by atoms with E-state index in [2.05, 4.69) is 4.72 Å². The van der Waals surface area contributed by atoms with Crippen LogP contribution in [0.25, 0.3) is 0 Å². The monoisotopic (exact) mass is 255 g/mol. The number of aryl methyl sites for hydroxylation is 1. The highest BCUT2D eigenvalue weighted by Crippen LogP contribution is 2.21. The molecule has 0 aliphatic heterocycles. The van der Waals surface area contributed by atoms with E-state index in [1.807, 2.05) is 34.6 Å². The molecule has 0 aromatic heterocycles. The number of hydrogen-bond donors (Lipinski definition) is 1. The van der Waals surface area contributed by atoms with Crippen molar-refractivity contribution in [3.8, 4) is 0 Å². The van der Waals surface area contributed by atoms with Gasteiger partial charge in [0.25, 0.3) is 0 Å². The third-order valence-corrected chi connectivity index (χ3v) is 4.52. The zero-order valence-electron chi connectivity index (χ0n) is 11.1. The van der Waals surface area contributed by atoms with Gasteiger partial charge in [-0.3, -0.25) is 0 Å². The van der Waals surface area contributed by atoms with E-state index in [4.69, 9.17) is 0 Å². The highest BCUT2D eigenvalue weighted by molar-refractivity contribution is 7.89. The van der Waals surface area contributed by atoms with Gasteiger partial charge < -0.3 is 0 Å². The fraction of sp³-hybridized carbons (Fsp3) is 0.538. The molecule has 0 aliphatic carbocycles. The third-order valence-electron chi connectivity index (χ3n) is 2.96. The van der Waals surface area contributed by atoms with Gasteiger partial charge in [0.1, 0.15) is 0 Å². The molecule has 0 radical (unpaired) electrons. The lowest BCUT2D eigenvalue weighted by molar-refractivity contribution is 0.317. The van der Waals surface area contributed by atoms with Crippen LogP contribution >= 0.6 is 0 Å². The van der Waals surface area contributed by atoms with Crippen molar-refractivity contribution in [2.24, 2.45) is 5.41 Å². The van der Waals surface area contributed by atoms with Crippen molar-refractivity contribution in [3.05, 3.63) is 29.8 Å². The predicted molar refractivity (Wildman–Crippen MR) is 70.4 cm³/mol. The van der Waals surface area contributed by atoms with Gasteiger partial charge in [-0.2, -0.15) is 0 Å². The summed E-state index contributed by atoms with van der Waals surface area (Å²) in [6, 6.07) is 6.75. The van der Waals surface area contributed by atoms with Crippen LogP contribution in [0.15, 0.2) is 29.2 Å². The molecular weight excluding hydrogens is 234 g/mol. The molecule has 0 heterocycles. The topological polar surface area (TPSA) is 46.2 Å². The van der Waals surface area contributed by atoms with Crippen molar-refractivity contribution in [1.29, 1.82) is 0 Å². The predicted octanol–water partition coefficient (Wildman–Crippen LogP) is 2.71. The molecule has 0 spiro atoms. The fourth-order valence-corrected chi connectivity index (χ4v) is 2.64. The first-order valence-corrected chi connectivity index (χ1v) is 7.20. The molecule has 17 heavy (non-hydrogen) atoms. The van der Waals surface area contributed by atoms with Crippen LogP contribution in [0.4, 0.5) is 0 Å². The quantitative estimate of drug-likeness (QED) is 0.902. The Morgan fingerprint density at radius 1 is 1.12 bits per heavy atom. The molecule has 1 atom stereocenters. The normalized spacial score (nSPS) is 14.6. The van der Waals surface area contributed by atoms with Crippen LogP contribution in [0.1, 0.15) is 33.3 Å². The van der Waals surface area contributed by atoms with Crippen LogP contribution in [0.3, 0.4) is 0 Å². The van der Waals surface area contributed by atoms with Gasteiger partial charge in [0, 0.05) is 6.04 Å². The average Bonchev–Trinajstić information content (AvgIpc) is 2.16. The van der Waals surface area contributed by atoms with Crippen LogP contribution in [0.2, 0.25) is 0 Å². The zero-order valence-corrected chi connectivity index (χ0v) is 11.9. The van der Waals surface area contributed by atoms with Crippen LogP contribution in [-0.4, -0.2) is 14.5 Å². The minimum Gasteiger partial charge on any atom is -0.208 e. The summed E-state index contributed by atoms with van der Waals surface area (Å²) in [5.41, 5.74) is 0.949. The Labute approximate surface area is 104 Å². The lowest BCUT2D eigenvalue weighted by Gasteiger charge is -2.27. The molecule has 0 saturated carbocycles. The van der Waals surface area contributed by atoms with Gasteiger partial charge in [0.05, 0.1) is 4.90 Å². The van der Waals surface area contributed by atoms with Crippen molar-refractivity contribution in [1.82, 2.24) is 4.72 Å². The summed E-state index contributed by atoms with van der Waals surface area (Å²) in [6.07, 6.45) is 0. The molecule has 0 amide bonds. The molecule has 0 bridgehead atoms. The molecule has 1 N–H and O–H groups in total. The first kappa shape index (κ1) is 14.2. The van der Waals surface area contributed by atoms with Crippen LogP contribution in [-0.2, 0) is 10.0 Å². The molecule has 0 unspecified atom stereocenters. The average molecular weight is 255 g/mol. The number of benzene rings is 1. The van der Waals surface area contributed by atoms with Gasteiger partial charge in [-0.25, -0.2) is 13.1 Å². The van der Waals surface area contributed by atoms with Crippen molar-refractivity contribution in [3.63, 3.8) is 0 Å². The highest BCUT2D eigenvalue weighted by Gasteiger charge is 2.25. The van der Waals surface area contributed by atoms with Gasteiger partial charge in [0.2, 0.25) is 10.0 Å². The highest BCUT2D eigenvalue weighted by atomic mass is 32.2. The molecule has 0 aliphatic rings. The minimum absolute atomic E-state index is 0.0994. The number of hydrogen-bond acceptors (Lipinski definition) is 2. The van der Waals surface area contributed by atoms with E-state index in [9.17, 15) is 8.42 Å². The van der Waals surface area contributed by atoms with E-state index < -0.39 is 10.0 Å². The zero-order chi connectivity index (χ0) is 13.3. The van der Waals surface area contributed by atoms with Crippen molar-refractivity contribution in [2.75, 3.05) is 0 Å². The lowest BCUT2D eigenvalue weighted by atomic mass is 9.89. The van der Waals surface area contributed by atoms with E-state index in [-0.39, 0.29) is 11.5 Å². The molecule has 3 nitrogen and oxygen atoms in total. The molecule has 1 rings (SSSR count). The van der Waals surface area contributed by atoms with Crippen molar-refractivity contribution < 1.29 is 8.42 Å². The largest absolute Gasteiger partial charge is 0.240 e. The molecule has 96 valence electrons. The van der Waals surface area contributed by atoms with E-state index in [1.54, 1.807) is 24.3 Å². The van der Waals surface area contributed by atoms with Crippen LogP contribution in [0.5, 0.6) is 0 Å². The summed E-state index contributed by atoms with van der Waals surface area (Å²) in [5, 5.41) is 0.